The average Bonchev–Trinajstić information content (AvgIpc) is 3.64. The number of aromatic nitrogens is 4. The number of urea groups is 1. The van der Waals surface area contributed by atoms with Crippen molar-refractivity contribution in [3.63, 3.8) is 0 Å². The molecule has 0 spiro atoms. The van der Waals surface area contributed by atoms with Crippen LogP contribution in [-0.2, 0) is 26.4 Å². The van der Waals surface area contributed by atoms with E-state index in [1.165, 1.54) is 4.68 Å². The summed E-state index contributed by atoms with van der Waals surface area (Å²) >= 11 is 0. The van der Waals surface area contributed by atoms with Crippen LogP contribution < -0.4 is 15.5 Å². The first-order chi connectivity index (χ1) is 18.1. The number of hydrogen-bond donors (Lipinski definition) is 2. The molecule has 2 amide bonds. The molecule has 2 aliphatic rings. The monoisotopic (exact) mass is 539 g/mol. The van der Waals surface area contributed by atoms with Gasteiger partial charge in [-0.05, 0) is 57.9 Å². The lowest BCUT2D eigenvalue weighted by molar-refractivity contribution is 0.0985. The Balaban J connectivity index is 1.57. The molecule has 1 aliphatic heterocycles. The number of carbonyl (C=O) groups is 1. The molecule has 1 saturated carbocycles. The maximum atomic E-state index is 14.0. The van der Waals surface area contributed by atoms with E-state index in [1.54, 1.807) is 32.3 Å². The van der Waals surface area contributed by atoms with Gasteiger partial charge in [0.05, 0.1) is 30.6 Å². The second-order valence-corrected chi connectivity index (χ2v) is 12.1. The highest BCUT2D eigenvalue weighted by Gasteiger charge is 2.58. The number of morpholine rings is 1. The predicted octanol–water partition coefficient (Wildman–Crippen LogP) is 3.02. The maximum absolute atomic E-state index is 14.0. The second kappa shape index (κ2) is 9.99. The molecule has 0 unspecified atom stereocenters. The number of nitrogens with zero attached hydrogens (tertiary/aromatic N) is 5. The van der Waals surface area contributed by atoms with Crippen LogP contribution in [0.15, 0.2) is 41.4 Å². The van der Waals surface area contributed by atoms with E-state index in [2.05, 4.69) is 27.6 Å². The van der Waals surface area contributed by atoms with E-state index in [9.17, 15) is 13.2 Å². The number of hydrogen-bond acceptors (Lipinski definition) is 8. The molecular formula is C26H33N7O4S. The molecular weight excluding hydrogens is 506 g/mol. The Labute approximate surface area is 222 Å². The van der Waals surface area contributed by atoms with Gasteiger partial charge in [0.2, 0.25) is 0 Å². The SMILES string of the molecule is CCNC(=O)Nc1ccc(-c2nc(N3CCOC[C@@H]3C)cc(C3(S(=O)(=O)c4cn(C)nc4C)CC3)n2)cc1. The average molecular weight is 540 g/mol. The second-order valence-electron chi connectivity index (χ2n) is 9.86. The van der Waals surface area contributed by atoms with Crippen LogP contribution in [-0.4, -0.2) is 66.5 Å². The highest BCUT2D eigenvalue weighted by Crippen LogP contribution is 2.55. The van der Waals surface area contributed by atoms with Gasteiger partial charge < -0.3 is 20.3 Å². The lowest BCUT2D eigenvalue weighted by Gasteiger charge is -2.34. The molecule has 1 saturated heterocycles. The van der Waals surface area contributed by atoms with E-state index in [1.807, 2.05) is 25.1 Å². The molecule has 1 aromatic carbocycles. The number of sulfone groups is 1. The predicted molar refractivity (Wildman–Crippen MR) is 144 cm³/mol. The van der Waals surface area contributed by atoms with Gasteiger partial charge in [0.1, 0.15) is 15.5 Å². The Hall–Kier alpha value is -3.51. The highest BCUT2D eigenvalue weighted by atomic mass is 32.2. The number of ether oxygens (including phenoxy) is 1. The molecule has 11 nitrogen and oxygen atoms in total. The van der Waals surface area contributed by atoms with Gasteiger partial charge >= 0.3 is 6.03 Å². The fraction of sp³-hybridized carbons (Fsp3) is 0.462. The van der Waals surface area contributed by atoms with Gasteiger partial charge in [-0.25, -0.2) is 23.2 Å². The Kier molecular flexibility index (Phi) is 6.86. The fourth-order valence-corrected chi connectivity index (χ4v) is 7.04. The molecule has 5 rings (SSSR count). The van der Waals surface area contributed by atoms with Crippen LogP contribution in [0.25, 0.3) is 11.4 Å². The zero-order valence-corrected chi connectivity index (χ0v) is 22.9. The van der Waals surface area contributed by atoms with Crippen LogP contribution in [0.4, 0.5) is 16.3 Å². The van der Waals surface area contributed by atoms with Crippen molar-refractivity contribution in [2.24, 2.45) is 7.05 Å². The van der Waals surface area contributed by atoms with Crippen molar-refractivity contribution in [2.75, 3.05) is 36.5 Å². The van der Waals surface area contributed by atoms with E-state index in [-0.39, 0.29) is 17.0 Å². The molecule has 2 aromatic heterocycles. The van der Waals surface area contributed by atoms with Crippen LogP contribution >= 0.6 is 0 Å². The van der Waals surface area contributed by atoms with Crippen molar-refractivity contribution in [2.45, 2.75) is 49.3 Å². The molecule has 12 heteroatoms. The molecule has 2 N–H and O–H groups in total. The molecule has 3 heterocycles. The third kappa shape index (κ3) is 4.73. The van der Waals surface area contributed by atoms with E-state index in [4.69, 9.17) is 14.7 Å². The minimum absolute atomic E-state index is 0.0790. The first kappa shape index (κ1) is 26.1. The van der Waals surface area contributed by atoms with Crippen molar-refractivity contribution in [3.8, 4) is 11.4 Å². The Morgan fingerprint density at radius 3 is 2.55 bits per heavy atom. The normalized spacial score (nSPS) is 18.7. The van der Waals surface area contributed by atoms with Gasteiger partial charge in [-0.1, -0.05) is 0 Å². The minimum atomic E-state index is -3.75. The standard InChI is InChI=1S/C26H33N7O4S/c1-5-27-25(34)28-20-8-6-19(7-9-20)24-29-22(14-23(30-24)33-12-13-37-16-17(33)2)26(10-11-26)38(35,36)21-15-32(4)31-18(21)3/h6-9,14-15,17H,5,10-13,16H2,1-4H3,(H2,27,28,34)/t17-/m0/s1. The zero-order valence-electron chi connectivity index (χ0n) is 22.1. The summed E-state index contributed by atoms with van der Waals surface area (Å²) in [5.41, 5.74) is 2.32. The molecule has 0 radical (unpaired) electrons. The lowest BCUT2D eigenvalue weighted by Crippen LogP contribution is -2.44. The number of rotatable bonds is 7. The smallest absolute Gasteiger partial charge is 0.319 e. The van der Waals surface area contributed by atoms with Crippen molar-refractivity contribution in [3.05, 3.63) is 47.9 Å². The number of aryl methyl sites for hydroxylation is 2. The highest BCUT2D eigenvalue weighted by molar-refractivity contribution is 7.92. The van der Waals surface area contributed by atoms with Crippen LogP contribution in [0.1, 0.15) is 38.1 Å². The molecule has 2 fully saturated rings. The Morgan fingerprint density at radius 2 is 1.95 bits per heavy atom. The number of carbonyl (C=O) groups excluding carboxylic acids is 1. The first-order valence-electron chi connectivity index (χ1n) is 12.8. The van der Waals surface area contributed by atoms with Gasteiger partial charge in [0.25, 0.3) is 0 Å². The number of amides is 2. The van der Waals surface area contributed by atoms with Crippen molar-refractivity contribution in [1.29, 1.82) is 0 Å². The topological polar surface area (TPSA) is 131 Å². The Morgan fingerprint density at radius 1 is 1.21 bits per heavy atom. The lowest BCUT2D eigenvalue weighted by atomic mass is 10.1. The number of anilines is 2. The zero-order chi connectivity index (χ0) is 27.1. The Bertz CT molecular complexity index is 1450. The molecule has 1 atom stereocenters. The molecule has 202 valence electrons. The summed E-state index contributed by atoms with van der Waals surface area (Å²) in [6.07, 6.45) is 2.53. The quantitative estimate of drug-likeness (QED) is 0.468. The van der Waals surface area contributed by atoms with E-state index in [0.717, 1.165) is 5.56 Å². The van der Waals surface area contributed by atoms with Gasteiger partial charge in [-0.15, -0.1) is 0 Å². The van der Waals surface area contributed by atoms with Gasteiger partial charge in [-0.3, -0.25) is 4.68 Å². The summed E-state index contributed by atoms with van der Waals surface area (Å²) in [6.45, 7) is 7.92. The first-order valence-corrected chi connectivity index (χ1v) is 14.3. The van der Waals surface area contributed by atoms with Crippen molar-refractivity contribution >= 4 is 27.4 Å². The van der Waals surface area contributed by atoms with E-state index < -0.39 is 14.6 Å². The summed E-state index contributed by atoms with van der Waals surface area (Å²) < 4.78 is 33.9. The number of nitrogens with one attached hydrogen (secondary N) is 2. The molecule has 3 aromatic rings. The van der Waals surface area contributed by atoms with Crippen LogP contribution in [0.5, 0.6) is 0 Å². The third-order valence-electron chi connectivity index (χ3n) is 7.06. The summed E-state index contributed by atoms with van der Waals surface area (Å²) in [6, 6.07) is 8.83. The van der Waals surface area contributed by atoms with E-state index in [0.29, 0.717) is 67.9 Å². The van der Waals surface area contributed by atoms with Gasteiger partial charge in [-0.2, -0.15) is 5.10 Å². The van der Waals surface area contributed by atoms with E-state index >= 15 is 0 Å². The molecule has 1 aliphatic carbocycles. The minimum Gasteiger partial charge on any atom is -0.377 e. The van der Waals surface area contributed by atoms with Crippen molar-refractivity contribution in [1.82, 2.24) is 25.1 Å². The summed E-state index contributed by atoms with van der Waals surface area (Å²) in [5, 5.41) is 9.75. The summed E-state index contributed by atoms with van der Waals surface area (Å²) in [4.78, 5) is 24.0. The summed E-state index contributed by atoms with van der Waals surface area (Å²) in [7, 11) is -2.03. The van der Waals surface area contributed by atoms with Gasteiger partial charge in [0, 0.05) is 43.7 Å². The van der Waals surface area contributed by atoms with Crippen LogP contribution in [0.3, 0.4) is 0 Å². The van der Waals surface area contributed by atoms with Crippen LogP contribution in [0, 0.1) is 6.92 Å². The third-order valence-corrected chi connectivity index (χ3v) is 9.68. The fourth-order valence-electron chi connectivity index (χ4n) is 4.88. The summed E-state index contributed by atoms with van der Waals surface area (Å²) in [5.74, 6) is 1.11. The maximum Gasteiger partial charge on any atom is 0.319 e. The molecule has 0 bridgehead atoms. The number of benzene rings is 1. The largest absolute Gasteiger partial charge is 0.377 e. The van der Waals surface area contributed by atoms with Crippen LogP contribution in [0.2, 0.25) is 0 Å². The van der Waals surface area contributed by atoms with Crippen molar-refractivity contribution < 1.29 is 17.9 Å². The van der Waals surface area contributed by atoms with Gasteiger partial charge in [0.15, 0.2) is 15.7 Å². The molecule has 38 heavy (non-hydrogen) atoms.